The molecule has 0 aliphatic heterocycles. The van der Waals surface area contributed by atoms with Crippen LogP contribution >= 0.6 is 11.3 Å². The Labute approximate surface area is 149 Å². The van der Waals surface area contributed by atoms with Gasteiger partial charge in [-0.3, -0.25) is 4.79 Å². The molecule has 25 heavy (non-hydrogen) atoms. The minimum absolute atomic E-state index is 0.127. The molecule has 1 aliphatic rings. The summed E-state index contributed by atoms with van der Waals surface area (Å²) in [5, 5.41) is 10.0. The number of aromatic amines is 1. The quantitative estimate of drug-likeness (QED) is 0.607. The van der Waals surface area contributed by atoms with Crippen LogP contribution in [0, 0.1) is 0 Å². The van der Waals surface area contributed by atoms with Gasteiger partial charge in [0.25, 0.3) is 5.91 Å². The molecule has 6 nitrogen and oxygen atoms in total. The minimum atomic E-state index is -0.127. The smallest absolute Gasteiger partial charge is 0.270 e. The Morgan fingerprint density at radius 3 is 3.12 bits per heavy atom. The zero-order valence-electron chi connectivity index (χ0n) is 14.0. The number of thiazole rings is 1. The number of hydrogen-bond donors (Lipinski definition) is 3. The lowest BCUT2D eigenvalue weighted by molar-refractivity contribution is 0.0950. The van der Waals surface area contributed by atoms with Gasteiger partial charge in [-0.15, -0.1) is 11.3 Å². The molecule has 0 unspecified atom stereocenters. The van der Waals surface area contributed by atoms with Crippen LogP contribution in [0.2, 0.25) is 0 Å². The van der Waals surface area contributed by atoms with E-state index in [1.54, 1.807) is 12.5 Å². The average Bonchev–Trinajstić information content (AvgIpc) is 3.16. The van der Waals surface area contributed by atoms with Gasteiger partial charge in [-0.25, -0.2) is 4.98 Å². The molecule has 1 aliphatic carbocycles. The van der Waals surface area contributed by atoms with Crippen molar-refractivity contribution in [2.45, 2.75) is 25.3 Å². The van der Waals surface area contributed by atoms with Crippen LogP contribution in [0.5, 0.6) is 5.75 Å². The van der Waals surface area contributed by atoms with Crippen molar-refractivity contribution in [2.24, 2.45) is 0 Å². The number of methoxy groups -OCH3 is 1. The highest BCUT2D eigenvalue weighted by atomic mass is 32.1. The maximum absolute atomic E-state index is 12.2. The first-order chi connectivity index (χ1) is 12.2. The van der Waals surface area contributed by atoms with Crippen molar-refractivity contribution in [3.05, 3.63) is 41.0 Å². The summed E-state index contributed by atoms with van der Waals surface area (Å²) in [5.74, 6) is 0.702. The summed E-state index contributed by atoms with van der Waals surface area (Å²) in [5.41, 5.74) is 2.70. The monoisotopic (exact) mass is 356 g/mol. The van der Waals surface area contributed by atoms with Crippen LogP contribution in [-0.4, -0.2) is 35.6 Å². The molecule has 7 heteroatoms. The highest BCUT2D eigenvalue weighted by Crippen LogP contribution is 2.26. The van der Waals surface area contributed by atoms with Gasteiger partial charge in [-0.05, 0) is 43.0 Å². The zero-order chi connectivity index (χ0) is 17.2. The van der Waals surface area contributed by atoms with Crippen molar-refractivity contribution in [1.82, 2.24) is 15.3 Å². The number of H-pyrrole nitrogens is 1. The maximum Gasteiger partial charge on any atom is 0.270 e. The number of fused-ring (bicyclic) bond motifs is 1. The molecule has 4 rings (SSSR count). The van der Waals surface area contributed by atoms with E-state index in [0.29, 0.717) is 18.3 Å². The molecule has 0 saturated heterocycles. The van der Waals surface area contributed by atoms with E-state index in [2.05, 4.69) is 20.6 Å². The lowest BCUT2D eigenvalue weighted by Gasteiger charge is -2.04. The Balaban J connectivity index is 1.35. The van der Waals surface area contributed by atoms with Crippen molar-refractivity contribution in [1.29, 1.82) is 0 Å². The molecule has 3 aromatic rings. The first-order valence-corrected chi connectivity index (χ1v) is 9.25. The molecule has 0 bridgehead atoms. The molecule has 0 atom stereocenters. The van der Waals surface area contributed by atoms with Gasteiger partial charge in [0, 0.05) is 35.1 Å². The number of anilines is 1. The van der Waals surface area contributed by atoms with Crippen LogP contribution in [0.25, 0.3) is 10.9 Å². The summed E-state index contributed by atoms with van der Waals surface area (Å²) in [6, 6.07) is 6.49. The zero-order valence-corrected chi connectivity index (χ0v) is 14.8. The Bertz CT molecular complexity index is 898. The van der Waals surface area contributed by atoms with E-state index in [-0.39, 0.29) is 5.91 Å². The molecule has 1 aromatic carbocycles. The van der Waals surface area contributed by atoms with E-state index >= 15 is 0 Å². The molecular formula is C18H20N4O2S. The third-order valence-corrected chi connectivity index (χ3v) is 5.07. The third kappa shape index (κ3) is 3.61. The lowest BCUT2D eigenvalue weighted by atomic mass is 10.1. The largest absolute Gasteiger partial charge is 0.497 e. The number of nitrogens with one attached hydrogen (secondary N) is 3. The average molecular weight is 356 g/mol. The third-order valence-electron chi connectivity index (χ3n) is 4.30. The molecule has 0 radical (unpaired) electrons. The molecule has 2 heterocycles. The summed E-state index contributed by atoms with van der Waals surface area (Å²) < 4.78 is 5.28. The normalized spacial score (nSPS) is 13.8. The predicted octanol–water partition coefficient (Wildman–Crippen LogP) is 3.18. The highest BCUT2D eigenvalue weighted by Gasteiger charge is 2.22. The van der Waals surface area contributed by atoms with Crippen LogP contribution in [0.15, 0.2) is 29.8 Å². The fourth-order valence-corrected chi connectivity index (χ4v) is 3.51. The van der Waals surface area contributed by atoms with E-state index in [1.807, 2.05) is 24.4 Å². The molecule has 3 N–H and O–H groups in total. The van der Waals surface area contributed by atoms with E-state index in [9.17, 15) is 4.79 Å². The number of rotatable bonds is 7. The second kappa shape index (κ2) is 6.76. The topological polar surface area (TPSA) is 79.0 Å². The molecule has 2 aromatic heterocycles. The van der Waals surface area contributed by atoms with Crippen LogP contribution in [0.1, 0.15) is 28.9 Å². The van der Waals surface area contributed by atoms with E-state index < -0.39 is 0 Å². The van der Waals surface area contributed by atoms with Crippen LogP contribution < -0.4 is 15.4 Å². The Morgan fingerprint density at radius 1 is 1.44 bits per heavy atom. The van der Waals surface area contributed by atoms with Gasteiger partial charge in [-0.1, -0.05) is 0 Å². The van der Waals surface area contributed by atoms with Gasteiger partial charge >= 0.3 is 0 Å². The molecular weight excluding hydrogens is 336 g/mol. The Kier molecular flexibility index (Phi) is 4.31. The predicted molar refractivity (Wildman–Crippen MR) is 99.6 cm³/mol. The van der Waals surface area contributed by atoms with Crippen molar-refractivity contribution >= 4 is 33.3 Å². The fourth-order valence-electron chi connectivity index (χ4n) is 2.74. The van der Waals surface area contributed by atoms with Gasteiger partial charge in [-0.2, -0.15) is 0 Å². The van der Waals surface area contributed by atoms with Crippen LogP contribution in [0.4, 0.5) is 5.13 Å². The number of ether oxygens (including phenoxy) is 1. The number of carbonyl (C=O) groups excluding carboxylic acids is 1. The van der Waals surface area contributed by atoms with Gasteiger partial charge in [0.1, 0.15) is 11.4 Å². The van der Waals surface area contributed by atoms with Crippen LogP contribution in [0.3, 0.4) is 0 Å². The lowest BCUT2D eigenvalue weighted by Crippen LogP contribution is -2.26. The second-order valence-corrected chi connectivity index (χ2v) is 7.05. The fraction of sp³-hybridized carbons (Fsp3) is 0.333. The molecule has 130 valence electrons. The van der Waals surface area contributed by atoms with Crippen molar-refractivity contribution < 1.29 is 9.53 Å². The van der Waals surface area contributed by atoms with Crippen molar-refractivity contribution in [2.75, 3.05) is 19.0 Å². The number of nitrogens with zero attached hydrogens (tertiary/aromatic N) is 1. The highest BCUT2D eigenvalue weighted by molar-refractivity contribution is 7.13. The number of amides is 1. The van der Waals surface area contributed by atoms with Gasteiger partial charge in [0.2, 0.25) is 0 Å². The van der Waals surface area contributed by atoms with E-state index in [4.69, 9.17) is 4.74 Å². The molecule has 1 amide bonds. The van der Waals surface area contributed by atoms with E-state index in [1.165, 1.54) is 24.2 Å². The molecule has 1 fully saturated rings. The second-order valence-electron chi connectivity index (χ2n) is 6.19. The number of hydrogen-bond acceptors (Lipinski definition) is 5. The summed E-state index contributed by atoms with van der Waals surface area (Å²) in [6.07, 6.45) is 5.11. The van der Waals surface area contributed by atoms with Crippen molar-refractivity contribution in [3.63, 3.8) is 0 Å². The van der Waals surface area contributed by atoms with Gasteiger partial charge in [0.15, 0.2) is 5.13 Å². The summed E-state index contributed by atoms with van der Waals surface area (Å²) in [4.78, 5) is 19.8. The first-order valence-electron chi connectivity index (χ1n) is 8.37. The summed E-state index contributed by atoms with van der Waals surface area (Å²) in [6.45, 7) is 0.561. The van der Waals surface area contributed by atoms with Crippen molar-refractivity contribution in [3.8, 4) is 5.75 Å². The van der Waals surface area contributed by atoms with Gasteiger partial charge < -0.3 is 20.4 Å². The minimum Gasteiger partial charge on any atom is -0.497 e. The Hall–Kier alpha value is -2.54. The van der Waals surface area contributed by atoms with E-state index in [0.717, 1.165) is 33.8 Å². The molecule has 0 spiro atoms. The Morgan fingerprint density at radius 2 is 2.32 bits per heavy atom. The summed E-state index contributed by atoms with van der Waals surface area (Å²) >= 11 is 1.48. The maximum atomic E-state index is 12.2. The SMILES string of the molecule is COc1ccc2[nH]cc(CCNC(=O)c3csc(NC4CC4)n3)c2c1. The number of aromatic nitrogens is 2. The van der Waals surface area contributed by atoms with Crippen LogP contribution in [-0.2, 0) is 6.42 Å². The standard InChI is InChI=1S/C18H20N4O2S/c1-24-13-4-5-15-14(8-13)11(9-20-15)6-7-19-17(23)16-10-25-18(22-16)21-12-2-3-12/h4-5,8-10,12,20H,2-3,6-7H2,1H3,(H,19,23)(H,21,22). The number of benzene rings is 1. The first kappa shape index (κ1) is 16.0. The van der Waals surface area contributed by atoms with Gasteiger partial charge in [0.05, 0.1) is 7.11 Å². The molecule has 1 saturated carbocycles. The summed E-state index contributed by atoms with van der Waals surface area (Å²) in [7, 11) is 1.66. The number of carbonyl (C=O) groups is 1.